The van der Waals surface area contributed by atoms with Gasteiger partial charge >= 0.3 is 0 Å². The van der Waals surface area contributed by atoms with E-state index in [-0.39, 0.29) is 0 Å². The molecule has 0 atom stereocenters. The van der Waals surface area contributed by atoms with Gasteiger partial charge in [-0.2, -0.15) is 0 Å². The Morgan fingerprint density at radius 3 is 0.607 bits per heavy atom. The Morgan fingerprint density at radius 2 is 0.393 bits per heavy atom. The highest BCUT2D eigenvalue weighted by atomic mass is 31.1. The minimum atomic E-state index is -0.935. The zero-order valence-electron chi connectivity index (χ0n) is 34.8. The molecule has 3 nitrogen and oxygen atoms in total. The first-order valence-electron chi connectivity index (χ1n) is 20.8. The van der Waals surface area contributed by atoms with Crippen molar-refractivity contribution in [3.8, 4) is 0 Å². The van der Waals surface area contributed by atoms with Crippen LogP contribution in [0.5, 0.6) is 0 Å². The van der Waals surface area contributed by atoms with E-state index in [1.807, 2.05) is 0 Å². The lowest BCUT2D eigenvalue weighted by Crippen LogP contribution is -2.22. The predicted molar refractivity (Wildman–Crippen MR) is 263 cm³/mol. The Kier molecular flexibility index (Phi) is 11.6. The van der Waals surface area contributed by atoms with Crippen LogP contribution in [0.2, 0.25) is 0 Å². The molecule has 0 unspecified atom stereocenters. The molecule has 0 aliphatic rings. The maximum Gasteiger partial charge on any atom is 0.0462 e. The van der Waals surface area contributed by atoms with Crippen LogP contribution in [0.3, 0.4) is 0 Å². The first-order valence-corrected chi connectivity index (χ1v) is 22.2. The lowest BCUT2D eigenvalue weighted by molar-refractivity contribution is 1.28. The average molecular weight is 806 g/mol. The Morgan fingerprint density at radius 1 is 0.213 bits per heavy atom. The Bertz CT molecular complexity index is 2460. The Labute approximate surface area is 362 Å². The van der Waals surface area contributed by atoms with Crippen LogP contribution in [0.15, 0.2) is 237 Å². The highest BCUT2D eigenvalue weighted by Gasteiger charge is 2.21. The second-order valence-electron chi connectivity index (χ2n) is 15.4. The molecule has 0 spiro atoms. The fourth-order valence-corrected chi connectivity index (χ4v) is 10.1. The molecule has 0 aromatic heterocycles. The van der Waals surface area contributed by atoms with Crippen molar-refractivity contribution in [1.82, 2.24) is 0 Å². The summed E-state index contributed by atoms with van der Waals surface area (Å²) in [7, 11) is -0.935. The van der Waals surface area contributed by atoms with Crippen molar-refractivity contribution < 1.29 is 0 Å². The van der Waals surface area contributed by atoms with Crippen molar-refractivity contribution in [2.45, 2.75) is 20.8 Å². The number of benzene rings is 9. The van der Waals surface area contributed by atoms with Crippen LogP contribution in [0.1, 0.15) is 16.7 Å². The molecule has 0 amide bonds. The molecule has 9 rings (SSSR count). The highest BCUT2D eigenvalue weighted by Crippen LogP contribution is 2.41. The van der Waals surface area contributed by atoms with Gasteiger partial charge in [-0.3, -0.25) is 0 Å². The first kappa shape index (κ1) is 39.3. The van der Waals surface area contributed by atoms with E-state index in [0.29, 0.717) is 0 Å². The molecule has 0 fully saturated rings. The van der Waals surface area contributed by atoms with Crippen LogP contribution in [0.25, 0.3) is 0 Å². The van der Waals surface area contributed by atoms with E-state index in [0.717, 1.165) is 51.2 Å². The molecule has 4 heteroatoms. The van der Waals surface area contributed by atoms with Gasteiger partial charge in [0.05, 0.1) is 0 Å². The number of hydrogen-bond acceptors (Lipinski definition) is 3. The molecule has 0 bridgehead atoms. The molecule has 9 aromatic carbocycles. The van der Waals surface area contributed by atoms with Gasteiger partial charge in [-0.05, 0) is 154 Å². The van der Waals surface area contributed by atoms with E-state index in [1.165, 1.54) is 32.6 Å². The van der Waals surface area contributed by atoms with E-state index < -0.39 is 7.92 Å². The third-order valence-corrected chi connectivity index (χ3v) is 13.5. The Balaban J connectivity index is 1.13. The van der Waals surface area contributed by atoms with E-state index in [9.17, 15) is 0 Å². The largest absolute Gasteiger partial charge is 0.311 e. The van der Waals surface area contributed by atoms with Crippen LogP contribution in [0.4, 0.5) is 51.2 Å². The second-order valence-corrected chi connectivity index (χ2v) is 17.6. The fraction of sp³-hybridized carbons (Fsp3) is 0.0526. The first-order chi connectivity index (χ1) is 30.0. The summed E-state index contributed by atoms with van der Waals surface area (Å²) < 4.78 is 0. The normalized spacial score (nSPS) is 11.0. The number of hydrogen-bond donors (Lipinski definition) is 0. The van der Waals surface area contributed by atoms with Gasteiger partial charge in [0.15, 0.2) is 0 Å². The van der Waals surface area contributed by atoms with Gasteiger partial charge in [0, 0.05) is 51.2 Å². The molecule has 0 N–H and O–H groups in total. The zero-order chi connectivity index (χ0) is 41.5. The van der Waals surface area contributed by atoms with Gasteiger partial charge < -0.3 is 14.7 Å². The number of nitrogens with zero attached hydrogens (tertiary/aromatic N) is 3. The molecule has 0 aliphatic carbocycles. The molecular formula is C57H48N3P. The van der Waals surface area contributed by atoms with E-state index in [4.69, 9.17) is 0 Å². The number of anilines is 9. The lowest BCUT2D eigenvalue weighted by Gasteiger charge is -2.28. The van der Waals surface area contributed by atoms with Crippen LogP contribution < -0.4 is 30.6 Å². The monoisotopic (exact) mass is 805 g/mol. The van der Waals surface area contributed by atoms with Gasteiger partial charge in [0.2, 0.25) is 0 Å². The van der Waals surface area contributed by atoms with Gasteiger partial charge in [-0.1, -0.05) is 144 Å². The third-order valence-electron chi connectivity index (χ3n) is 11.0. The molecule has 0 saturated heterocycles. The summed E-state index contributed by atoms with van der Waals surface area (Å²) in [6, 6.07) is 85.9. The summed E-state index contributed by atoms with van der Waals surface area (Å²) in [5.74, 6) is 0. The fourth-order valence-electron chi connectivity index (χ4n) is 7.85. The molecular weight excluding hydrogens is 758 g/mol. The topological polar surface area (TPSA) is 9.72 Å². The van der Waals surface area contributed by atoms with E-state index >= 15 is 0 Å². The maximum absolute atomic E-state index is 2.33. The van der Waals surface area contributed by atoms with Crippen molar-refractivity contribution in [3.63, 3.8) is 0 Å². The number of rotatable bonds is 12. The van der Waals surface area contributed by atoms with Crippen molar-refractivity contribution in [1.29, 1.82) is 0 Å². The molecule has 296 valence electrons. The summed E-state index contributed by atoms with van der Waals surface area (Å²) in [5, 5.41) is 3.86. The van der Waals surface area contributed by atoms with Crippen LogP contribution in [-0.4, -0.2) is 0 Å². The molecule has 0 heterocycles. The number of aryl methyl sites for hydroxylation is 3. The van der Waals surface area contributed by atoms with E-state index in [2.05, 4.69) is 272 Å². The SMILES string of the molecule is Cc1ccc(N(c2ccccc2)c2ccc(P(c3ccc(N(c4ccccc4)c4ccc(C)cc4)cc3)c3ccc(N(c4ccccc4)c4ccc(C)cc4)cc3)cc2)cc1. The van der Waals surface area contributed by atoms with Gasteiger partial charge in [-0.25, -0.2) is 0 Å². The van der Waals surface area contributed by atoms with Crippen molar-refractivity contribution in [3.05, 3.63) is 253 Å². The second kappa shape index (κ2) is 18.0. The quantitative estimate of drug-likeness (QED) is 0.114. The van der Waals surface area contributed by atoms with Gasteiger partial charge in [0.1, 0.15) is 0 Å². The standard InChI is InChI=1S/C57H48N3P/c1-43-19-25-49(26-20-43)58(46-13-7-4-8-14-46)52-31-37-55(38-32-52)61(56-39-33-53(34-40-56)59(47-15-9-5-10-16-47)50-27-21-44(2)22-28-50)57-41-35-54(36-42-57)60(48-17-11-6-12-18-48)51-29-23-45(3)24-30-51/h4-42H,1-3H3. The summed E-state index contributed by atoms with van der Waals surface area (Å²) in [6.07, 6.45) is 0. The third kappa shape index (κ3) is 8.75. The van der Waals surface area contributed by atoms with Crippen molar-refractivity contribution in [2.75, 3.05) is 14.7 Å². The minimum Gasteiger partial charge on any atom is -0.311 e. The van der Waals surface area contributed by atoms with Gasteiger partial charge in [-0.15, -0.1) is 0 Å². The summed E-state index contributed by atoms with van der Waals surface area (Å²) in [4.78, 5) is 7.00. The average Bonchev–Trinajstić information content (AvgIpc) is 3.31. The summed E-state index contributed by atoms with van der Waals surface area (Å²) in [5.41, 5.74) is 13.8. The number of para-hydroxylation sites is 3. The molecule has 0 aliphatic heterocycles. The van der Waals surface area contributed by atoms with E-state index in [1.54, 1.807) is 0 Å². The van der Waals surface area contributed by atoms with Gasteiger partial charge in [0.25, 0.3) is 0 Å². The molecule has 61 heavy (non-hydrogen) atoms. The maximum atomic E-state index is 2.33. The van der Waals surface area contributed by atoms with Crippen LogP contribution in [0, 0.1) is 20.8 Å². The Hall–Kier alpha value is -7.19. The molecule has 0 saturated carbocycles. The van der Waals surface area contributed by atoms with Crippen molar-refractivity contribution >= 4 is 75.0 Å². The minimum absolute atomic E-state index is 0.935. The lowest BCUT2D eigenvalue weighted by atomic mass is 10.1. The van der Waals surface area contributed by atoms with Crippen LogP contribution >= 0.6 is 7.92 Å². The zero-order valence-corrected chi connectivity index (χ0v) is 35.7. The van der Waals surface area contributed by atoms with Crippen molar-refractivity contribution in [2.24, 2.45) is 0 Å². The molecule has 0 radical (unpaired) electrons. The molecule has 9 aromatic rings. The highest BCUT2D eigenvalue weighted by molar-refractivity contribution is 7.79. The summed E-state index contributed by atoms with van der Waals surface area (Å²) >= 11 is 0. The smallest absolute Gasteiger partial charge is 0.0462 e. The summed E-state index contributed by atoms with van der Waals surface area (Å²) in [6.45, 7) is 6.41. The van der Waals surface area contributed by atoms with Crippen LogP contribution in [-0.2, 0) is 0 Å². The predicted octanol–water partition coefficient (Wildman–Crippen LogP) is 14.8.